The third-order valence-corrected chi connectivity index (χ3v) is 3.63. The van der Waals surface area contributed by atoms with E-state index in [1.165, 1.54) is 23.8 Å². The van der Waals surface area contributed by atoms with Crippen molar-refractivity contribution in [3.8, 4) is 6.07 Å². The minimum absolute atomic E-state index is 0.00729. The van der Waals surface area contributed by atoms with Gasteiger partial charge in [-0.1, -0.05) is 0 Å². The van der Waals surface area contributed by atoms with Gasteiger partial charge in [-0.2, -0.15) is 10.4 Å². The third-order valence-electron chi connectivity index (χ3n) is 3.63. The zero-order valence-electron chi connectivity index (χ0n) is 10.7. The number of aromatic nitrogens is 3. The molecule has 8 nitrogen and oxygen atoms in total. The number of rotatable bonds is 1. The second-order valence-corrected chi connectivity index (χ2v) is 4.96. The summed E-state index contributed by atoms with van der Waals surface area (Å²) in [7, 11) is 0. The highest BCUT2D eigenvalue weighted by molar-refractivity contribution is 5.74. The molecule has 2 aromatic rings. The van der Waals surface area contributed by atoms with Crippen LogP contribution in [0.1, 0.15) is 24.3 Å². The Hall–Kier alpha value is -2.21. The van der Waals surface area contributed by atoms with Crippen molar-refractivity contribution >= 4 is 11.3 Å². The minimum atomic E-state index is -1.47. The first-order chi connectivity index (χ1) is 9.46. The Morgan fingerprint density at radius 3 is 3.00 bits per heavy atom. The molecule has 20 heavy (non-hydrogen) atoms. The molecule has 3 heterocycles. The zero-order chi connectivity index (χ0) is 14.5. The van der Waals surface area contributed by atoms with Gasteiger partial charge in [-0.05, 0) is 13.0 Å². The van der Waals surface area contributed by atoms with Crippen LogP contribution in [0.4, 0.5) is 5.82 Å². The van der Waals surface area contributed by atoms with Crippen molar-refractivity contribution in [2.24, 2.45) is 0 Å². The van der Waals surface area contributed by atoms with Crippen molar-refractivity contribution in [3.05, 3.63) is 23.7 Å². The summed E-state index contributed by atoms with van der Waals surface area (Å²) in [6.45, 7) is 1.48. The molecule has 0 amide bonds. The van der Waals surface area contributed by atoms with Crippen LogP contribution >= 0.6 is 0 Å². The Morgan fingerprint density at radius 1 is 1.65 bits per heavy atom. The van der Waals surface area contributed by atoms with Crippen LogP contribution in [0.15, 0.2) is 12.4 Å². The number of nitriles is 1. The van der Waals surface area contributed by atoms with Crippen molar-refractivity contribution in [3.63, 3.8) is 0 Å². The van der Waals surface area contributed by atoms with Gasteiger partial charge in [0.15, 0.2) is 5.82 Å². The van der Waals surface area contributed by atoms with E-state index in [4.69, 9.17) is 10.5 Å². The molecule has 1 fully saturated rings. The highest BCUT2D eigenvalue weighted by atomic mass is 16.5. The molecule has 0 saturated carbocycles. The van der Waals surface area contributed by atoms with Crippen molar-refractivity contribution in [2.75, 3.05) is 12.3 Å². The van der Waals surface area contributed by atoms with Crippen molar-refractivity contribution in [2.45, 2.75) is 24.7 Å². The maximum Gasteiger partial charge on any atom is 0.152 e. The van der Waals surface area contributed by atoms with E-state index < -0.39 is 17.8 Å². The third kappa shape index (κ3) is 1.58. The summed E-state index contributed by atoms with van der Waals surface area (Å²) >= 11 is 0. The lowest BCUT2D eigenvalue weighted by Gasteiger charge is -2.25. The number of nitrogens with zero attached hydrogens (tertiary/aromatic N) is 4. The van der Waals surface area contributed by atoms with E-state index in [0.717, 1.165) is 0 Å². The van der Waals surface area contributed by atoms with Gasteiger partial charge >= 0.3 is 0 Å². The molecule has 0 aromatic carbocycles. The van der Waals surface area contributed by atoms with Gasteiger partial charge in [-0.15, -0.1) is 0 Å². The summed E-state index contributed by atoms with van der Waals surface area (Å²) < 4.78 is 6.86. The number of fused-ring (bicyclic) bond motifs is 1. The van der Waals surface area contributed by atoms with Gasteiger partial charge in [0.1, 0.15) is 35.7 Å². The minimum Gasteiger partial charge on any atom is -0.388 e. The molecule has 0 bridgehead atoms. The van der Waals surface area contributed by atoms with Gasteiger partial charge in [0.2, 0.25) is 0 Å². The second-order valence-electron chi connectivity index (χ2n) is 4.96. The normalized spacial score (nSPS) is 29.7. The molecular weight excluding hydrogens is 262 g/mol. The molecule has 104 valence electrons. The van der Waals surface area contributed by atoms with E-state index in [-0.39, 0.29) is 12.4 Å². The maximum absolute atomic E-state index is 10.3. The predicted octanol–water partition coefficient (Wildman–Crippen LogP) is -0.634. The molecule has 1 aliphatic heterocycles. The average Bonchev–Trinajstić information content (AvgIpc) is 2.90. The molecule has 8 heteroatoms. The fourth-order valence-corrected chi connectivity index (χ4v) is 2.45. The van der Waals surface area contributed by atoms with Gasteiger partial charge in [0.05, 0.1) is 17.9 Å². The molecule has 0 aliphatic carbocycles. The van der Waals surface area contributed by atoms with Crippen LogP contribution in [0.2, 0.25) is 0 Å². The Bertz CT molecular complexity index is 718. The number of nitrogens with two attached hydrogens (primary N) is 1. The predicted molar refractivity (Wildman–Crippen MR) is 67.4 cm³/mol. The van der Waals surface area contributed by atoms with Crippen LogP contribution in [0.25, 0.3) is 5.52 Å². The summed E-state index contributed by atoms with van der Waals surface area (Å²) in [6.07, 6.45) is -0.559. The van der Waals surface area contributed by atoms with Crippen LogP contribution < -0.4 is 5.73 Å². The Kier molecular flexibility index (Phi) is 2.65. The Labute approximate surface area is 114 Å². The van der Waals surface area contributed by atoms with Crippen LogP contribution in [-0.2, 0) is 4.74 Å². The highest BCUT2D eigenvalue weighted by Crippen LogP contribution is 2.39. The molecule has 3 rings (SSSR count). The topological polar surface area (TPSA) is 130 Å². The van der Waals surface area contributed by atoms with E-state index in [0.29, 0.717) is 16.8 Å². The summed E-state index contributed by atoms with van der Waals surface area (Å²) in [5.41, 5.74) is 5.40. The average molecular weight is 275 g/mol. The number of aliphatic hydroxyl groups excluding tert-OH is 1. The van der Waals surface area contributed by atoms with E-state index in [2.05, 4.69) is 10.1 Å². The molecule has 0 spiro atoms. The standard InChI is InChI=1S/C12H13N5O3/c1-12(19)8(18)4-20-10(12)7-2-6(3-13)9-11(14)15-5-16-17(7)9/h2,5,8,10,18-19H,4H2,1H3,(H2,14,15,16)/t8-,10+,12-/m1/s1. The maximum atomic E-state index is 10.3. The lowest BCUT2D eigenvalue weighted by atomic mass is 9.93. The fourth-order valence-electron chi connectivity index (χ4n) is 2.45. The summed E-state index contributed by atoms with van der Waals surface area (Å²) in [6, 6.07) is 3.55. The van der Waals surface area contributed by atoms with Gasteiger partial charge in [-0.3, -0.25) is 0 Å². The van der Waals surface area contributed by atoms with Crippen molar-refractivity contribution < 1.29 is 14.9 Å². The largest absolute Gasteiger partial charge is 0.388 e. The number of aliphatic hydroxyl groups is 2. The van der Waals surface area contributed by atoms with Gasteiger partial charge < -0.3 is 20.7 Å². The molecule has 0 radical (unpaired) electrons. The summed E-state index contributed by atoms with van der Waals surface area (Å²) in [5.74, 6) is 0.168. The second kappa shape index (κ2) is 4.14. The van der Waals surface area contributed by atoms with E-state index in [1.54, 1.807) is 0 Å². The first-order valence-electron chi connectivity index (χ1n) is 6.01. The molecule has 4 N–H and O–H groups in total. The lowest BCUT2D eigenvalue weighted by molar-refractivity contribution is -0.0664. The number of nitrogen functional groups attached to an aromatic ring is 1. The fraction of sp³-hybridized carbons (Fsp3) is 0.417. The molecule has 1 saturated heterocycles. The van der Waals surface area contributed by atoms with Crippen LogP contribution in [0.5, 0.6) is 0 Å². The molecular formula is C12H13N5O3. The number of hydrogen-bond acceptors (Lipinski definition) is 7. The summed E-state index contributed by atoms with van der Waals surface area (Å²) in [5, 5.41) is 33.3. The number of anilines is 1. The number of hydrogen-bond donors (Lipinski definition) is 3. The first-order valence-corrected chi connectivity index (χ1v) is 6.01. The van der Waals surface area contributed by atoms with Crippen LogP contribution in [-0.4, -0.2) is 43.1 Å². The van der Waals surface area contributed by atoms with Gasteiger partial charge in [0, 0.05) is 0 Å². The van der Waals surface area contributed by atoms with Crippen molar-refractivity contribution in [1.29, 1.82) is 5.26 Å². The SMILES string of the molecule is C[C@@]1(O)[C@H](O)CO[C@H]1c1cc(C#N)c2c(N)ncnn12. The smallest absolute Gasteiger partial charge is 0.152 e. The first kappa shape index (κ1) is 12.8. The highest BCUT2D eigenvalue weighted by Gasteiger charge is 2.48. The van der Waals surface area contributed by atoms with Crippen molar-refractivity contribution in [1.82, 2.24) is 14.6 Å². The quantitative estimate of drug-likeness (QED) is 0.631. The van der Waals surface area contributed by atoms with Crippen LogP contribution in [0.3, 0.4) is 0 Å². The molecule has 1 aliphatic rings. The Morgan fingerprint density at radius 2 is 2.40 bits per heavy atom. The van der Waals surface area contributed by atoms with E-state index in [1.807, 2.05) is 6.07 Å². The van der Waals surface area contributed by atoms with E-state index >= 15 is 0 Å². The van der Waals surface area contributed by atoms with Gasteiger partial charge in [0.25, 0.3) is 0 Å². The molecule has 0 unspecified atom stereocenters. The zero-order valence-corrected chi connectivity index (χ0v) is 10.7. The summed E-state index contributed by atoms with van der Waals surface area (Å²) in [4.78, 5) is 3.85. The molecule has 2 aromatic heterocycles. The monoisotopic (exact) mass is 275 g/mol. The van der Waals surface area contributed by atoms with E-state index in [9.17, 15) is 15.5 Å². The van der Waals surface area contributed by atoms with Gasteiger partial charge in [-0.25, -0.2) is 9.50 Å². The lowest BCUT2D eigenvalue weighted by Crippen LogP contribution is -2.40. The van der Waals surface area contributed by atoms with Crippen LogP contribution in [0, 0.1) is 11.3 Å². The molecule has 3 atom stereocenters. The Balaban J connectivity index is 2.24. The number of ether oxygens (including phenoxy) is 1.